The Morgan fingerprint density at radius 1 is 1.02 bits per heavy atom. The maximum Gasteiger partial charge on any atom is 0.415 e. The molecule has 7 rings (SSSR count). The summed E-state index contributed by atoms with van der Waals surface area (Å²) < 4.78 is 21.5. The third kappa shape index (κ3) is 7.40. The van der Waals surface area contributed by atoms with E-state index in [1.807, 2.05) is 42.0 Å². The molecule has 1 amide bonds. The van der Waals surface area contributed by atoms with Crippen LogP contribution in [0.2, 0.25) is 30.7 Å². The summed E-state index contributed by atoms with van der Waals surface area (Å²) >= 11 is 6.88. The van der Waals surface area contributed by atoms with E-state index in [-0.39, 0.29) is 17.5 Å². The van der Waals surface area contributed by atoms with Crippen LogP contribution in [0.5, 0.6) is 17.2 Å². The lowest BCUT2D eigenvalue weighted by molar-refractivity contribution is -0.384. The zero-order chi connectivity index (χ0) is 35.9. The van der Waals surface area contributed by atoms with Crippen molar-refractivity contribution in [1.29, 1.82) is 0 Å². The van der Waals surface area contributed by atoms with Gasteiger partial charge >= 0.3 is 6.09 Å². The van der Waals surface area contributed by atoms with Gasteiger partial charge in [0.2, 0.25) is 0 Å². The van der Waals surface area contributed by atoms with E-state index >= 15 is 0 Å². The lowest BCUT2D eigenvalue weighted by Crippen LogP contribution is -2.51. The summed E-state index contributed by atoms with van der Waals surface area (Å²) in [5, 5.41) is 15.7. The van der Waals surface area contributed by atoms with Crippen LogP contribution >= 0.6 is 11.6 Å². The Kier molecular flexibility index (Phi) is 9.18. The highest BCUT2D eigenvalue weighted by Crippen LogP contribution is 2.36. The molecule has 262 valence electrons. The zero-order valence-corrected chi connectivity index (χ0v) is 30.2. The third-order valence-corrected chi connectivity index (χ3v) is 10.7. The van der Waals surface area contributed by atoms with Gasteiger partial charge in [-0.05, 0) is 49.4 Å². The first kappa shape index (κ1) is 34.1. The molecule has 0 N–H and O–H groups in total. The number of fused-ring (bicyclic) bond motifs is 2. The van der Waals surface area contributed by atoms with Crippen molar-refractivity contribution in [3.05, 3.63) is 94.1 Å². The first-order valence-corrected chi connectivity index (χ1v) is 20.4. The van der Waals surface area contributed by atoms with Gasteiger partial charge in [-0.25, -0.2) is 14.8 Å². The molecule has 1 aliphatic rings. The summed E-state index contributed by atoms with van der Waals surface area (Å²) in [5.41, 5.74) is 4.10. The molecule has 0 atom stereocenters. The van der Waals surface area contributed by atoms with Gasteiger partial charge in [-0.3, -0.25) is 19.8 Å². The molecule has 0 aliphatic carbocycles. The van der Waals surface area contributed by atoms with E-state index in [9.17, 15) is 14.9 Å². The maximum atomic E-state index is 12.6. The number of amides is 1. The smallest absolute Gasteiger partial charge is 0.415 e. The van der Waals surface area contributed by atoms with Gasteiger partial charge in [0.1, 0.15) is 40.3 Å². The number of aromatic nitrogens is 6. The summed E-state index contributed by atoms with van der Waals surface area (Å²) in [6.45, 7) is 10.9. The van der Waals surface area contributed by atoms with Crippen molar-refractivity contribution >= 4 is 53.5 Å². The number of non-ortho nitro benzene ring substituents is 1. The number of nitro benzene ring substituents is 1. The molecule has 0 saturated carbocycles. The summed E-state index contributed by atoms with van der Waals surface area (Å²) in [6.07, 6.45) is 4.67. The van der Waals surface area contributed by atoms with Gasteiger partial charge in [0.15, 0.2) is 0 Å². The lowest BCUT2D eigenvalue weighted by atomic mass is 10.1. The van der Waals surface area contributed by atoms with Gasteiger partial charge in [0, 0.05) is 57.7 Å². The van der Waals surface area contributed by atoms with E-state index in [0.29, 0.717) is 59.7 Å². The summed E-state index contributed by atoms with van der Waals surface area (Å²) in [5.74, 6) is 2.13. The molecule has 1 aliphatic heterocycles. The molecule has 3 aromatic carbocycles. The lowest BCUT2D eigenvalue weighted by Gasteiger charge is -2.38. The fourth-order valence-corrected chi connectivity index (χ4v) is 6.60. The molecule has 6 aromatic rings. The van der Waals surface area contributed by atoms with Crippen LogP contribution < -0.4 is 9.47 Å². The molecule has 1 saturated heterocycles. The summed E-state index contributed by atoms with van der Waals surface area (Å²) in [4.78, 5) is 38.5. The van der Waals surface area contributed by atoms with Gasteiger partial charge < -0.3 is 23.7 Å². The maximum absolute atomic E-state index is 12.6. The van der Waals surface area contributed by atoms with Crippen molar-refractivity contribution in [2.24, 2.45) is 0 Å². The van der Waals surface area contributed by atoms with Crippen LogP contribution in [0.15, 0.2) is 73.2 Å². The van der Waals surface area contributed by atoms with E-state index in [4.69, 9.17) is 30.8 Å². The van der Waals surface area contributed by atoms with E-state index in [1.54, 1.807) is 23.1 Å². The standard InChI is InChI=1S/C35H35ClN8O6Si/c1-22-39-28-10-9-27(15-31(28)42(22)21-48-13-14-51(2,3)4)49-32-12-11-29-34(33(32)36)40-30(17-37-29)23-16-38-43(18-23)25-19-41(20-25)35(45)50-26-7-5-24(6-8-26)44(46)47/h5-12,15-18,25H,13-14,19-21H2,1-4H3. The van der Waals surface area contributed by atoms with Crippen molar-refractivity contribution in [1.82, 2.24) is 34.2 Å². The molecular formula is C35H35ClN8O6Si. The number of halogens is 1. The second-order valence-electron chi connectivity index (χ2n) is 13.6. The highest BCUT2D eigenvalue weighted by molar-refractivity contribution is 6.76. The highest BCUT2D eigenvalue weighted by atomic mass is 35.5. The second-order valence-corrected chi connectivity index (χ2v) is 19.6. The third-order valence-electron chi connectivity index (χ3n) is 8.62. The van der Waals surface area contributed by atoms with Crippen LogP contribution in [-0.2, 0) is 11.5 Å². The average Bonchev–Trinajstić information content (AvgIpc) is 3.67. The Morgan fingerprint density at radius 3 is 2.51 bits per heavy atom. The van der Waals surface area contributed by atoms with Crippen LogP contribution in [0, 0.1) is 17.0 Å². The van der Waals surface area contributed by atoms with Gasteiger partial charge in [0.05, 0.1) is 45.6 Å². The SMILES string of the molecule is Cc1nc2ccc(Oc3ccc4ncc(-c5cnn(C6CN(C(=O)Oc7ccc([N+](=O)[O-])cc7)C6)c5)nc4c3Cl)cc2n1COCC[Si](C)(C)C. The Morgan fingerprint density at radius 2 is 1.76 bits per heavy atom. The molecule has 51 heavy (non-hydrogen) atoms. The Bertz CT molecular complexity index is 2260. The first-order chi connectivity index (χ1) is 24.4. The molecule has 14 nitrogen and oxygen atoms in total. The number of benzene rings is 3. The molecule has 0 spiro atoms. The molecule has 3 aromatic heterocycles. The van der Waals surface area contributed by atoms with Gasteiger partial charge in [0.25, 0.3) is 5.69 Å². The van der Waals surface area contributed by atoms with Crippen LogP contribution in [-0.4, -0.2) is 73.0 Å². The minimum atomic E-state index is -1.19. The van der Waals surface area contributed by atoms with Crippen molar-refractivity contribution in [2.75, 3.05) is 19.7 Å². The van der Waals surface area contributed by atoms with Crippen molar-refractivity contribution in [2.45, 2.75) is 45.4 Å². The van der Waals surface area contributed by atoms with Crippen LogP contribution in [0.25, 0.3) is 33.3 Å². The minimum Gasteiger partial charge on any atom is -0.456 e. The number of carbonyl (C=O) groups is 1. The molecule has 1 fully saturated rings. The molecule has 0 bridgehead atoms. The number of hydrogen-bond acceptors (Lipinski definition) is 10. The van der Waals surface area contributed by atoms with Crippen molar-refractivity contribution in [3.8, 4) is 28.5 Å². The fraction of sp³-hybridized carbons (Fsp3) is 0.286. The van der Waals surface area contributed by atoms with Crippen LogP contribution in [0.4, 0.5) is 10.5 Å². The normalized spacial score (nSPS) is 13.5. The summed E-state index contributed by atoms with van der Waals surface area (Å²) in [6, 6.07) is 15.7. The number of rotatable bonds is 11. The average molecular weight is 727 g/mol. The Balaban J connectivity index is 1.02. The zero-order valence-electron chi connectivity index (χ0n) is 28.4. The number of aryl methyl sites for hydroxylation is 1. The van der Waals surface area contributed by atoms with Gasteiger partial charge in [-0.2, -0.15) is 5.10 Å². The molecule has 16 heteroatoms. The molecule has 4 heterocycles. The largest absolute Gasteiger partial charge is 0.456 e. The second kappa shape index (κ2) is 13.7. The number of likely N-dealkylation sites (tertiary alicyclic amines) is 1. The van der Waals surface area contributed by atoms with E-state index < -0.39 is 19.1 Å². The number of carbonyl (C=O) groups excluding carboxylic acids is 1. The fourth-order valence-electron chi connectivity index (χ4n) is 5.60. The predicted octanol–water partition coefficient (Wildman–Crippen LogP) is 7.87. The van der Waals surface area contributed by atoms with E-state index in [0.717, 1.165) is 28.5 Å². The molecular weight excluding hydrogens is 692 g/mol. The number of imidazole rings is 1. The van der Waals surface area contributed by atoms with Crippen molar-refractivity contribution in [3.63, 3.8) is 0 Å². The summed E-state index contributed by atoms with van der Waals surface area (Å²) in [7, 11) is -1.19. The van der Waals surface area contributed by atoms with Crippen LogP contribution in [0.3, 0.4) is 0 Å². The number of nitrogens with zero attached hydrogens (tertiary/aromatic N) is 8. The quantitative estimate of drug-likeness (QED) is 0.0558. The highest BCUT2D eigenvalue weighted by Gasteiger charge is 2.34. The predicted molar refractivity (Wildman–Crippen MR) is 194 cm³/mol. The van der Waals surface area contributed by atoms with E-state index in [2.05, 4.69) is 34.7 Å². The number of ether oxygens (including phenoxy) is 3. The number of nitro groups is 1. The van der Waals surface area contributed by atoms with E-state index in [1.165, 1.54) is 29.2 Å². The topological polar surface area (TPSA) is 153 Å². The number of hydrogen-bond donors (Lipinski definition) is 0. The van der Waals surface area contributed by atoms with Gasteiger partial charge in [-0.15, -0.1) is 0 Å². The molecule has 0 unspecified atom stereocenters. The first-order valence-electron chi connectivity index (χ1n) is 16.4. The Hall–Kier alpha value is -5.38. The van der Waals surface area contributed by atoms with Crippen molar-refractivity contribution < 1.29 is 23.9 Å². The van der Waals surface area contributed by atoms with Crippen LogP contribution in [0.1, 0.15) is 11.9 Å². The Labute approximate surface area is 298 Å². The molecule has 0 radical (unpaired) electrons. The monoisotopic (exact) mass is 726 g/mol. The minimum absolute atomic E-state index is 0.0608. The van der Waals surface area contributed by atoms with Gasteiger partial charge in [-0.1, -0.05) is 31.2 Å².